The minimum absolute atomic E-state index is 0.0206. The number of rotatable bonds is 11. The van der Waals surface area contributed by atoms with Gasteiger partial charge in [0.1, 0.15) is 12.6 Å². The van der Waals surface area contributed by atoms with Gasteiger partial charge >= 0.3 is 0 Å². The van der Waals surface area contributed by atoms with Gasteiger partial charge < -0.3 is 10.2 Å². The van der Waals surface area contributed by atoms with Gasteiger partial charge in [0.05, 0.1) is 10.6 Å². The normalized spacial score (nSPS) is 12.2. The number of halogens is 2. The van der Waals surface area contributed by atoms with Crippen LogP contribution in [0.1, 0.15) is 37.5 Å². The largest absolute Gasteiger partial charge is 0.354 e. The zero-order chi connectivity index (χ0) is 29.6. The summed E-state index contributed by atoms with van der Waals surface area (Å²) in [5, 5.41) is 3.75. The van der Waals surface area contributed by atoms with E-state index in [0.717, 1.165) is 9.87 Å². The second-order valence-electron chi connectivity index (χ2n) is 10.2. The second kappa shape index (κ2) is 13.5. The fourth-order valence-electron chi connectivity index (χ4n) is 4.09. The van der Waals surface area contributed by atoms with Crippen molar-refractivity contribution in [1.29, 1.82) is 0 Å². The maximum Gasteiger partial charge on any atom is 0.264 e. The molecule has 7 nitrogen and oxygen atoms in total. The van der Waals surface area contributed by atoms with Crippen LogP contribution in [0.5, 0.6) is 0 Å². The molecule has 3 aromatic carbocycles. The van der Waals surface area contributed by atoms with Crippen molar-refractivity contribution in [2.45, 2.75) is 52.1 Å². The quantitative estimate of drug-likeness (QED) is 0.291. The van der Waals surface area contributed by atoms with Crippen LogP contribution in [-0.4, -0.2) is 44.3 Å². The van der Waals surface area contributed by atoms with Crippen LogP contribution in [0.2, 0.25) is 10.0 Å². The summed E-state index contributed by atoms with van der Waals surface area (Å²) < 4.78 is 29.0. The number of amides is 2. The Labute approximate surface area is 247 Å². The zero-order valence-corrected chi connectivity index (χ0v) is 25.6. The predicted octanol–water partition coefficient (Wildman–Crippen LogP) is 6.00. The van der Waals surface area contributed by atoms with Gasteiger partial charge in [-0.05, 0) is 74.2 Å². The van der Waals surface area contributed by atoms with Crippen molar-refractivity contribution in [3.8, 4) is 0 Å². The first kappa shape index (κ1) is 31.5. The predicted molar refractivity (Wildman–Crippen MR) is 161 cm³/mol. The first-order valence-electron chi connectivity index (χ1n) is 13.0. The molecule has 2 amide bonds. The summed E-state index contributed by atoms with van der Waals surface area (Å²) in [7, 11) is -4.17. The van der Waals surface area contributed by atoms with Crippen molar-refractivity contribution >= 4 is 50.7 Å². The van der Waals surface area contributed by atoms with E-state index in [1.807, 2.05) is 20.8 Å². The molecule has 0 heterocycles. The van der Waals surface area contributed by atoms with E-state index in [9.17, 15) is 18.0 Å². The SMILES string of the molecule is Cc1ccc(S(=O)(=O)N(CC(=O)N(Cc2ccccc2Cl)C(C)C(=O)NCC(C)C)c2ccc(Cl)cc2C)cc1. The van der Waals surface area contributed by atoms with Crippen molar-refractivity contribution in [2.75, 3.05) is 17.4 Å². The summed E-state index contributed by atoms with van der Waals surface area (Å²) in [5.41, 5.74) is 2.43. The number of aryl methyl sites for hydroxylation is 2. The lowest BCUT2D eigenvalue weighted by Gasteiger charge is -2.32. The fourth-order valence-corrected chi connectivity index (χ4v) is 6.00. The minimum atomic E-state index is -4.17. The average molecular weight is 605 g/mol. The summed E-state index contributed by atoms with van der Waals surface area (Å²) in [6.07, 6.45) is 0. The van der Waals surface area contributed by atoms with E-state index in [-0.39, 0.29) is 23.3 Å². The van der Waals surface area contributed by atoms with Gasteiger partial charge in [0.25, 0.3) is 10.0 Å². The minimum Gasteiger partial charge on any atom is -0.354 e. The Kier molecular flexibility index (Phi) is 10.6. The number of carbonyl (C=O) groups excluding carboxylic acids is 2. The molecule has 10 heteroatoms. The number of carbonyl (C=O) groups is 2. The van der Waals surface area contributed by atoms with Gasteiger partial charge in [-0.2, -0.15) is 0 Å². The summed E-state index contributed by atoms with van der Waals surface area (Å²) in [5.74, 6) is -0.686. The molecule has 0 aliphatic rings. The number of sulfonamides is 1. The van der Waals surface area contributed by atoms with E-state index in [1.165, 1.54) is 17.0 Å². The highest BCUT2D eigenvalue weighted by molar-refractivity contribution is 7.92. The summed E-state index contributed by atoms with van der Waals surface area (Å²) >= 11 is 12.6. The van der Waals surface area contributed by atoms with Crippen molar-refractivity contribution < 1.29 is 18.0 Å². The third kappa shape index (κ3) is 7.77. The van der Waals surface area contributed by atoms with Crippen LogP contribution in [-0.2, 0) is 26.2 Å². The van der Waals surface area contributed by atoms with Gasteiger partial charge in [0, 0.05) is 23.1 Å². The standard InChI is InChI=1S/C30H35Cl2N3O4S/c1-20(2)17-33-30(37)23(5)34(18-24-8-6-7-9-27(24)32)29(36)19-35(28-15-12-25(31)16-22(28)4)40(38,39)26-13-10-21(3)11-14-26/h6-16,20,23H,17-19H2,1-5H3,(H,33,37). The second-order valence-corrected chi connectivity index (χ2v) is 12.9. The van der Waals surface area contributed by atoms with E-state index >= 15 is 0 Å². The first-order valence-corrected chi connectivity index (χ1v) is 15.2. The van der Waals surface area contributed by atoms with Crippen LogP contribution in [0.15, 0.2) is 71.6 Å². The maximum atomic E-state index is 14.0. The van der Waals surface area contributed by atoms with Crippen LogP contribution in [0.4, 0.5) is 5.69 Å². The van der Waals surface area contributed by atoms with Crippen molar-refractivity contribution in [1.82, 2.24) is 10.2 Å². The number of hydrogen-bond acceptors (Lipinski definition) is 4. The van der Waals surface area contributed by atoms with Gasteiger partial charge in [-0.25, -0.2) is 8.42 Å². The third-order valence-corrected chi connectivity index (χ3v) is 8.84. The molecular weight excluding hydrogens is 569 g/mol. The van der Waals surface area contributed by atoms with Crippen molar-refractivity contribution in [3.05, 3.63) is 93.5 Å². The Morgan fingerprint density at radius 2 is 1.57 bits per heavy atom. The number of benzene rings is 3. The molecule has 0 spiro atoms. The zero-order valence-electron chi connectivity index (χ0n) is 23.3. The van der Waals surface area contributed by atoms with E-state index in [2.05, 4.69) is 5.32 Å². The highest BCUT2D eigenvalue weighted by Crippen LogP contribution is 2.30. The lowest BCUT2D eigenvalue weighted by molar-refractivity contribution is -0.139. The average Bonchev–Trinajstić information content (AvgIpc) is 2.90. The van der Waals surface area contributed by atoms with Crippen LogP contribution in [0.3, 0.4) is 0 Å². The number of anilines is 1. The molecule has 214 valence electrons. The molecule has 0 fully saturated rings. The molecule has 3 aromatic rings. The molecule has 1 unspecified atom stereocenters. The number of nitrogens with zero attached hydrogens (tertiary/aromatic N) is 2. The van der Waals surface area contributed by atoms with Crippen molar-refractivity contribution in [2.24, 2.45) is 5.92 Å². The molecule has 0 aromatic heterocycles. The Hall–Kier alpha value is -3.07. The maximum absolute atomic E-state index is 14.0. The first-order chi connectivity index (χ1) is 18.8. The van der Waals surface area contributed by atoms with E-state index in [4.69, 9.17) is 23.2 Å². The van der Waals surface area contributed by atoms with Gasteiger partial charge in [0.15, 0.2) is 0 Å². The molecule has 3 rings (SSSR count). The highest BCUT2D eigenvalue weighted by Gasteiger charge is 2.33. The van der Waals surface area contributed by atoms with E-state index < -0.39 is 28.5 Å². The van der Waals surface area contributed by atoms with Crippen LogP contribution >= 0.6 is 23.2 Å². The molecule has 40 heavy (non-hydrogen) atoms. The van der Waals surface area contributed by atoms with Crippen LogP contribution < -0.4 is 9.62 Å². The Morgan fingerprint density at radius 3 is 2.17 bits per heavy atom. The molecule has 1 atom stereocenters. The Morgan fingerprint density at radius 1 is 0.925 bits per heavy atom. The highest BCUT2D eigenvalue weighted by atomic mass is 35.5. The number of nitrogens with one attached hydrogen (secondary N) is 1. The molecule has 0 saturated carbocycles. The molecule has 0 aliphatic carbocycles. The van der Waals surface area contributed by atoms with E-state index in [1.54, 1.807) is 68.4 Å². The smallest absolute Gasteiger partial charge is 0.264 e. The van der Waals surface area contributed by atoms with Gasteiger partial charge in [-0.3, -0.25) is 13.9 Å². The molecule has 1 N–H and O–H groups in total. The Balaban J connectivity index is 2.06. The molecule has 0 radical (unpaired) electrons. The number of hydrogen-bond donors (Lipinski definition) is 1. The molecule has 0 saturated heterocycles. The molecule has 0 aliphatic heterocycles. The van der Waals surface area contributed by atoms with Crippen LogP contribution in [0.25, 0.3) is 0 Å². The van der Waals surface area contributed by atoms with E-state index in [0.29, 0.717) is 33.4 Å². The van der Waals surface area contributed by atoms with Gasteiger partial charge in [-0.1, -0.05) is 72.9 Å². The summed E-state index contributed by atoms with van der Waals surface area (Å²) in [4.78, 5) is 28.5. The summed E-state index contributed by atoms with van der Waals surface area (Å²) in [6.45, 7) is 9.08. The van der Waals surface area contributed by atoms with Crippen LogP contribution in [0, 0.1) is 19.8 Å². The monoisotopic (exact) mass is 603 g/mol. The topological polar surface area (TPSA) is 86.8 Å². The third-order valence-electron chi connectivity index (χ3n) is 6.47. The lowest BCUT2D eigenvalue weighted by Crippen LogP contribution is -2.51. The molecular formula is C30H35Cl2N3O4S. The fraction of sp³-hybridized carbons (Fsp3) is 0.333. The summed E-state index contributed by atoms with van der Waals surface area (Å²) in [6, 6.07) is 17.4. The van der Waals surface area contributed by atoms with Gasteiger partial charge in [0.2, 0.25) is 11.8 Å². The Bertz CT molecular complexity index is 1460. The molecule has 0 bridgehead atoms. The lowest BCUT2D eigenvalue weighted by atomic mass is 10.1. The van der Waals surface area contributed by atoms with Gasteiger partial charge in [-0.15, -0.1) is 0 Å². The van der Waals surface area contributed by atoms with Crippen molar-refractivity contribution in [3.63, 3.8) is 0 Å².